The lowest BCUT2D eigenvalue weighted by atomic mass is 10.1. The van der Waals surface area contributed by atoms with Crippen molar-refractivity contribution in [1.82, 2.24) is 14.7 Å². The highest BCUT2D eigenvalue weighted by Crippen LogP contribution is 2.27. The van der Waals surface area contributed by atoms with Crippen LogP contribution in [0.2, 0.25) is 0 Å². The third-order valence-electron chi connectivity index (χ3n) is 4.62. The van der Waals surface area contributed by atoms with Gasteiger partial charge in [-0.25, -0.2) is 0 Å². The molecule has 0 heterocycles. The molecule has 0 saturated heterocycles. The molecule has 1 rings (SSSR count). The van der Waals surface area contributed by atoms with E-state index in [1.54, 1.807) is 0 Å². The molecule has 1 aromatic rings. The van der Waals surface area contributed by atoms with Gasteiger partial charge in [-0.15, -0.1) is 39.5 Å². The van der Waals surface area contributed by atoms with E-state index in [4.69, 9.17) is 0 Å². The van der Waals surface area contributed by atoms with Gasteiger partial charge >= 0.3 is 0 Å². The second-order valence-corrected chi connectivity index (χ2v) is 8.01. The molecule has 30 heavy (non-hydrogen) atoms. The quantitative estimate of drug-likeness (QED) is 0.301. The van der Waals surface area contributed by atoms with Gasteiger partial charge in [0.05, 0.1) is 5.70 Å². The van der Waals surface area contributed by atoms with Gasteiger partial charge in [-0.3, -0.25) is 0 Å². The SMILES string of the molecule is C=CCN(CC=C)C(=C(N(CC=C)CC=C)N(CC=C)CC=C)c1ccccc1[SiH3]. The highest BCUT2D eigenvalue weighted by Gasteiger charge is 2.24. The molecule has 0 aromatic heterocycles. The first-order valence-electron chi connectivity index (χ1n) is 10.3. The molecule has 0 radical (unpaired) electrons. The van der Waals surface area contributed by atoms with Gasteiger partial charge in [0.2, 0.25) is 0 Å². The monoisotopic (exact) mass is 419 g/mol. The summed E-state index contributed by atoms with van der Waals surface area (Å²) in [6, 6.07) is 8.61. The molecule has 0 unspecified atom stereocenters. The molecule has 0 N–H and O–H groups in total. The molecule has 0 fully saturated rings. The van der Waals surface area contributed by atoms with E-state index in [9.17, 15) is 0 Å². The minimum absolute atomic E-state index is 0.703. The maximum absolute atomic E-state index is 3.99. The van der Waals surface area contributed by atoms with Crippen molar-refractivity contribution in [3.8, 4) is 0 Å². The Kier molecular flexibility index (Phi) is 11.8. The van der Waals surface area contributed by atoms with Gasteiger partial charge in [0, 0.05) is 49.5 Å². The summed E-state index contributed by atoms with van der Waals surface area (Å²) in [5.74, 6) is 1.11. The molecule has 0 aliphatic rings. The smallest absolute Gasteiger partial charge is 0.130 e. The Morgan fingerprint density at radius 2 is 1.00 bits per heavy atom. The third-order valence-corrected chi connectivity index (χ3v) is 5.50. The van der Waals surface area contributed by atoms with Crippen molar-refractivity contribution in [1.29, 1.82) is 0 Å². The molecule has 0 aliphatic heterocycles. The van der Waals surface area contributed by atoms with Gasteiger partial charge in [0.1, 0.15) is 5.82 Å². The second kappa shape index (κ2) is 14.1. The summed E-state index contributed by atoms with van der Waals surface area (Å²) in [5.41, 5.74) is 2.40. The van der Waals surface area contributed by atoms with Crippen molar-refractivity contribution in [2.24, 2.45) is 0 Å². The number of benzene rings is 1. The zero-order chi connectivity index (χ0) is 22.4. The third kappa shape index (κ3) is 6.81. The summed E-state index contributed by atoms with van der Waals surface area (Å²) < 4.78 is 0. The zero-order valence-corrected chi connectivity index (χ0v) is 20.6. The summed E-state index contributed by atoms with van der Waals surface area (Å²) in [5, 5.41) is 1.34. The standard InChI is InChI=1S/C26H37N3Si/c1-7-17-27(18-8-2)25(23-15-13-14-16-24(23)30)26(28(19-9-3)20-10-4)29(21-11-5)22-12-6/h7-16H,1-6,17-22H2,30H3. The molecule has 0 atom stereocenters. The van der Waals surface area contributed by atoms with Crippen LogP contribution in [0.5, 0.6) is 0 Å². The van der Waals surface area contributed by atoms with Gasteiger partial charge < -0.3 is 14.7 Å². The van der Waals surface area contributed by atoms with Crippen molar-refractivity contribution >= 4 is 21.1 Å². The van der Waals surface area contributed by atoms with Gasteiger partial charge in [-0.2, -0.15) is 0 Å². The van der Waals surface area contributed by atoms with Gasteiger partial charge in [-0.1, -0.05) is 65.9 Å². The van der Waals surface area contributed by atoms with Crippen molar-refractivity contribution in [3.05, 3.63) is 112 Å². The number of nitrogens with zero attached hydrogens (tertiary/aromatic N) is 3. The lowest BCUT2D eigenvalue weighted by Gasteiger charge is -2.39. The molecule has 1 aromatic carbocycles. The first kappa shape index (κ1) is 25.1. The summed E-state index contributed by atoms with van der Waals surface area (Å²) in [7, 11) is 0.944. The average molecular weight is 420 g/mol. The highest BCUT2D eigenvalue weighted by molar-refractivity contribution is 6.34. The Hall–Kier alpha value is -2.98. The lowest BCUT2D eigenvalue weighted by Crippen LogP contribution is -2.41. The predicted molar refractivity (Wildman–Crippen MR) is 139 cm³/mol. The molecule has 0 amide bonds. The molecular weight excluding hydrogens is 382 g/mol. The Bertz CT molecular complexity index is 722. The first-order chi connectivity index (χ1) is 14.6. The second-order valence-electron chi connectivity index (χ2n) is 6.93. The van der Waals surface area contributed by atoms with Crippen molar-refractivity contribution in [2.45, 2.75) is 0 Å². The van der Waals surface area contributed by atoms with E-state index >= 15 is 0 Å². The van der Waals surface area contributed by atoms with Crippen LogP contribution in [0.3, 0.4) is 0 Å². The van der Waals surface area contributed by atoms with Crippen LogP contribution in [0.25, 0.3) is 5.70 Å². The van der Waals surface area contributed by atoms with E-state index in [1.807, 2.05) is 36.5 Å². The highest BCUT2D eigenvalue weighted by atomic mass is 28.1. The maximum atomic E-state index is 3.99. The maximum Gasteiger partial charge on any atom is 0.130 e. The van der Waals surface area contributed by atoms with Crippen LogP contribution in [0, 0.1) is 0 Å². The Balaban J connectivity index is 4.00. The van der Waals surface area contributed by atoms with E-state index in [0.717, 1.165) is 21.8 Å². The molecule has 0 saturated carbocycles. The minimum atomic E-state index is 0.703. The lowest BCUT2D eigenvalue weighted by molar-refractivity contribution is 0.259. The number of hydrogen-bond donors (Lipinski definition) is 0. The Morgan fingerprint density at radius 3 is 1.37 bits per heavy atom. The van der Waals surface area contributed by atoms with Gasteiger partial charge in [-0.05, 0) is 5.56 Å². The summed E-state index contributed by atoms with van der Waals surface area (Å²) in [6.07, 6.45) is 11.6. The summed E-state index contributed by atoms with van der Waals surface area (Å²) >= 11 is 0. The molecule has 0 bridgehead atoms. The number of rotatable bonds is 16. The molecule has 0 aliphatic carbocycles. The van der Waals surface area contributed by atoms with Crippen molar-refractivity contribution in [3.63, 3.8) is 0 Å². The topological polar surface area (TPSA) is 9.72 Å². The van der Waals surface area contributed by atoms with Crippen LogP contribution < -0.4 is 5.19 Å². The van der Waals surface area contributed by atoms with Gasteiger partial charge in [0.15, 0.2) is 0 Å². The van der Waals surface area contributed by atoms with Crippen LogP contribution in [-0.2, 0) is 0 Å². The molecule has 160 valence electrons. The molecule has 0 spiro atoms. The fraction of sp³-hybridized carbons (Fsp3) is 0.231. The van der Waals surface area contributed by atoms with Crippen LogP contribution in [0.15, 0.2) is 106 Å². The van der Waals surface area contributed by atoms with Gasteiger partial charge in [0.25, 0.3) is 0 Å². The fourth-order valence-corrected chi connectivity index (χ4v) is 4.05. The Labute approximate surface area is 186 Å². The average Bonchev–Trinajstić information content (AvgIpc) is 2.73. The van der Waals surface area contributed by atoms with E-state index in [0.29, 0.717) is 39.3 Å². The van der Waals surface area contributed by atoms with Crippen LogP contribution in [0.1, 0.15) is 5.56 Å². The number of hydrogen-bond acceptors (Lipinski definition) is 3. The predicted octanol–water partition coefficient (Wildman–Crippen LogP) is 3.33. The summed E-state index contributed by atoms with van der Waals surface area (Å²) in [4.78, 5) is 6.93. The fourth-order valence-electron chi connectivity index (χ4n) is 3.46. The van der Waals surface area contributed by atoms with E-state index < -0.39 is 0 Å². The first-order valence-corrected chi connectivity index (χ1v) is 11.3. The molecule has 3 nitrogen and oxygen atoms in total. The summed E-state index contributed by atoms with van der Waals surface area (Å²) in [6.45, 7) is 28.2. The largest absolute Gasteiger partial charge is 0.361 e. The van der Waals surface area contributed by atoms with Crippen LogP contribution in [-0.4, -0.2) is 64.2 Å². The van der Waals surface area contributed by atoms with E-state index in [1.165, 1.54) is 10.8 Å². The molecule has 4 heteroatoms. The van der Waals surface area contributed by atoms with Crippen LogP contribution in [0.4, 0.5) is 0 Å². The normalized spacial score (nSPS) is 9.87. The Morgan fingerprint density at radius 1 is 0.633 bits per heavy atom. The van der Waals surface area contributed by atoms with Crippen molar-refractivity contribution in [2.75, 3.05) is 39.3 Å². The van der Waals surface area contributed by atoms with Crippen molar-refractivity contribution < 1.29 is 0 Å². The van der Waals surface area contributed by atoms with E-state index in [2.05, 4.69) is 78.4 Å². The zero-order valence-electron chi connectivity index (χ0n) is 18.6. The minimum Gasteiger partial charge on any atom is -0.361 e. The molecular formula is C26H37N3Si. The van der Waals surface area contributed by atoms with E-state index in [-0.39, 0.29) is 0 Å². The van der Waals surface area contributed by atoms with Crippen LogP contribution >= 0.6 is 0 Å².